The number of non-ortho nitro benzene ring substituents is 1. The van der Waals surface area contributed by atoms with E-state index < -0.39 is 0 Å². The van der Waals surface area contributed by atoms with E-state index in [1.54, 1.807) is 16.6 Å². The molecule has 0 saturated carbocycles. The van der Waals surface area contributed by atoms with Crippen molar-refractivity contribution in [1.29, 1.82) is 0 Å². The minimum Gasteiger partial charge on any atom is -0.269 e. The number of nitro benzene ring substituents is 1. The Morgan fingerprint density at radius 1 is 1.03 bits per heavy atom. The van der Waals surface area contributed by atoms with Gasteiger partial charge < -0.3 is 0 Å². The van der Waals surface area contributed by atoms with E-state index >= 15 is 0 Å². The molecule has 33 heavy (non-hydrogen) atoms. The second-order valence-corrected chi connectivity index (χ2v) is 8.73. The summed E-state index contributed by atoms with van der Waals surface area (Å²) < 4.78 is 3.75. The van der Waals surface area contributed by atoms with E-state index in [1.165, 1.54) is 17.8 Å². The molecule has 10 heteroatoms. The molecule has 0 radical (unpaired) electrons. The van der Waals surface area contributed by atoms with Crippen molar-refractivity contribution in [3.8, 4) is 0 Å². The Morgan fingerprint density at radius 2 is 1.88 bits per heavy atom. The fraction of sp³-hybridized carbons (Fsp3) is 0.217. The maximum absolute atomic E-state index is 11.1. The normalized spacial score (nSPS) is 11.5. The van der Waals surface area contributed by atoms with Crippen LogP contribution in [0, 0.1) is 24.0 Å². The third kappa shape index (κ3) is 4.29. The van der Waals surface area contributed by atoms with Crippen molar-refractivity contribution in [2.45, 2.75) is 37.7 Å². The van der Waals surface area contributed by atoms with Crippen LogP contribution in [0.15, 0.2) is 59.8 Å². The molecule has 0 bridgehead atoms. The van der Waals surface area contributed by atoms with Crippen molar-refractivity contribution in [2.75, 3.05) is 0 Å². The van der Waals surface area contributed by atoms with Crippen molar-refractivity contribution >= 4 is 34.0 Å². The highest BCUT2D eigenvalue weighted by molar-refractivity contribution is 7.98. The lowest BCUT2D eigenvalue weighted by molar-refractivity contribution is -0.384. The number of thioether (sulfide) groups is 1. The minimum atomic E-state index is -0.382. The van der Waals surface area contributed by atoms with Crippen LogP contribution in [0.4, 0.5) is 5.69 Å². The van der Waals surface area contributed by atoms with Crippen molar-refractivity contribution in [1.82, 2.24) is 29.4 Å². The molecule has 2 aromatic carbocycles. The number of benzene rings is 2. The van der Waals surface area contributed by atoms with E-state index in [9.17, 15) is 10.1 Å². The lowest BCUT2D eigenvalue weighted by atomic mass is 10.2. The molecule has 0 aliphatic heterocycles. The van der Waals surface area contributed by atoms with Gasteiger partial charge in [0.25, 0.3) is 5.69 Å². The molecule has 0 saturated heterocycles. The molecule has 0 aliphatic rings. The van der Waals surface area contributed by atoms with Gasteiger partial charge in [0.15, 0.2) is 16.6 Å². The van der Waals surface area contributed by atoms with Gasteiger partial charge in [0, 0.05) is 41.9 Å². The van der Waals surface area contributed by atoms with Crippen molar-refractivity contribution in [3.05, 3.63) is 87.5 Å². The summed E-state index contributed by atoms with van der Waals surface area (Å²) in [4.78, 5) is 20.3. The molecule has 0 spiro atoms. The molecule has 3 aromatic heterocycles. The van der Waals surface area contributed by atoms with E-state index in [-0.39, 0.29) is 10.6 Å². The summed E-state index contributed by atoms with van der Waals surface area (Å²) in [5.41, 5.74) is 4.62. The molecule has 0 unspecified atom stereocenters. The largest absolute Gasteiger partial charge is 0.269 e. The first kappa shape index (κ1) is 21.1. The molecule has 5 rings (SSSR count). The van der Waals surface area contributed by atoms with Gasteiger partial charge in [-0.05, 0) is 37.6 Å². The first-order valence-corrected chi connectivity index (χ1v) is 11.5. The monoisotopic (exact) mass is 459 g/mol. The predicted molar refractivity (Wildman–Crippen MR) is 126 cm³/mol. The minimum absolute atomic E-state index is 0.0805. The number of hydrogen-bond donors (Lipinski definition) is 0. The van der Waals surface area contributed by atoms with Gasteiger partial charge in [-0.25, -0.2) is 9.97 Å². The molecule has 0 atom stereocenters. The van der Waals surface area contributed by atoms with Gasteiger partial charge in [-0.2, -0.15) is 9.61 Å². The summed E-state index contributed by atoms with van der Waals surface area (Å²) in [6, 6.07) is 16.6. The molecule has 5 aromatic rings. The molecule has 0 amide bonds. The average molecular weight is 460 g/mol. The Morgan fingerprint density at radius 3 is 2.67 bits per heavy atom. The second kappa shape index (κ2) is 8.62. The van der Waals surface area contributed by atoms with Crippen molar-refractivity contribution in [3.63, 3.8) is 0 Å². The van der Waals surface area contributed by atoms with Crippen LogP contribution in [0.2, 0.25) is 0 Å². The summed E-state index contributed by atoms with van der Waals surface area (Å²) in [5.74, 6) is 1.25. The number of para-hydroxylation sites is 1. The predicted octanol–water partition coefficient (Wildman–Crippen LogP) is 4.53. The van der Waals surface area contributed by atoms with Gasteiger partial charge in [-0.3, -0.25) is 14.8 Å². The van der Waals surface area contributed by atoms with Crippen LogP contribution in [-0.4, -0.2) is 34.3 Å². The zero-order valence-electron chi connectivity index (χ0n) is 18.2. The Labute approximate surface area is 193 Å². The second-order valence-electron chi connectivity index (χ2n) is 7.79. The Balaban J connectivity index is 1.47. The van der Waals surface area contributed by atoms with Crippen LogP contribution in [-0.2, 0) is 18.7 Å². The smallest absolute Gasteiger partial charge is 0.269 e. The van der Waals surface area contributed by atoms with Gasteiger partial charge in [0.2, 0.25) is 0 Å². The molecule has 0 fully saturated rings. The number of nitro groups is 1. The molecule has 9 nitrogen and oxygen atoms in total. The quantitative estimate of drug-likeness (QED) is 0.152. The SMILES string of the molecule is Cc1cc(C)n(CCc2nc3c4ccccc4nc(SCc4cccc([N+](=O)[O-])c4)n3n2)n1. The fourth-order valence-corrected chi connectivity index (χ4v) is 4.68. The lowest BCUT2D eigenvalue weighted by Gasteiger charge is -2.06. The summed E-state index contributed by atoms with van der Waals surface area (Å²) in [7, 11) is 0. The first-order valence-electron chi connectivity index (χ1n) is 10.5. The van der Waals surface area contributed by atoms with Crippen LogP contribution in [0.5, 0.6) is 0 Å². The van der Waals surface area contributed by atoms with E-state index in [0.29, 0.717) is 23.9 Å². The van der Waals surface area contributed by atoms with E-state index in [1.807, 2.05) is 48.9 Å². The standard InChI is InChI=1S/C23H21N7O2S/c1-15-12-16(2)28(26-15)11-10-21-25-22-19-8-3-4-9-20(19)24-23(29(22)27-21)33-14-17-6-5-7-18(13-17)30(31)32/h3-9,12-13H,10-11,14H2,1-2H3. The van der Waals surface area contributed by atoms with Crippen LogP contribution >= 0.6 is 11.8 Å². The third-order valence-corrected chi connectivity index (χ3v) is 6.33. The average Bonchev–Trinajstić information content (AvgIpc) is 3.38. The number of hydrogen-bond acceptors (Lipinski definition) is 7. The Kier molecular flexibility index (Phi) is 5.51. The van der Waals surface area contributed by atoms with Crippen LogP contribution in [0.3, 0.4) is 0 Å². The number of aryl methyl sites for hydroxylation is 4. The third-order valence-electron chi connectivity index (χ3n) is 5.33. The number of aromatic nitrogens is 6. The maximum Gasteiger partial charge on any atom is 0.269 e. The number of nitrogens with zero attached hydrogens (tertiary/aromatic N) is 7. The maximum atomic E-state index is 11.1. The molecule has 0 aliphatic carbocycles. The van der Waals surface area contributed by atoms with E-state index in [2.05, 4.69) is 11.2 Å². The van der Waals surface area contributed by atoms with Gasteiger partial charge >= 0.3 is 0 Å². The molecule has 0 N–H and O–H groups in total. The highest BCUT2D eigenvalue weighted by atomic mass is 32.2. The van der Waals surface area contributed by atoms with Crippen LogP contribution in [0.25, 0.3) is 16.6 Å². The summed E-state index contributed by atoms with van der Waals surface area (Å²) in [5, 5.41) is 22.0. The fourth-order valence-electron chi connectivity index (χ4n) is 3.79. The highest BCUT2D eigenvalue weighted by Crippen LogP contribution is 2.27. The first-order chi connectivity index (χ1) is 16.0. The Bertz CT molecular complexity index is 1490. The number of fused-ring (bicyclic) bond motifs is 3. The molecule has 3 heterocycles. The zero-order chi connectivity index (χ0) is 22.9. The van der Waals surface area contributed by atoms with Crippen molar-refractivity contribution in [2.24, 2.45) is 0 Å². The van der Waals surface area contributed by atoms with Crippen LogP contribution < -0.4 is 0 Å². The summed E-state index contributed by atoms with van der Waals surface area (Å²) in [6.45, 7) is 4.71. The van der Waals surface area contributed by atoms with E-state index in [0.717, 1.165) is 39.3 Å². The van der Waals surface area contributed by atoms with Gasteiger partial charge in [-0.15, -0.1) is 5.10 Å². The summed E-state index contributed by atoms with van der Waals surface area (Å²) >= 11 is 1.48. The molecular weight excluding hydrogens is 438 g/mol. The topological polar surface area (TPSA) is 104 Å². The highest BCUT2D eigenvalue weighted by Gasteiger charge is 2.15. The van der Waals surface area contributed by atoms with Crippen molar-refractivity contribution < 1.29 is 4.92 Å². The lowest BCUT2D eigenvalue weighted by Crippen LogP contribution is -2.06. The van der Waals surface area contributed by atoms with Gasteiger partial charge in [0.1, 0.15) is 0 Å². The summed E-state index contributed by atoms with van der Waals surface area (Å²) in [6.07, 6.45) is 0.646. The van der Waals surface area contributed by atoms with E-state index in [4.69, 9.17) is 15.1 Å². The van der Waals surface area contributed by atoms with Gasteiger partial charge in [-0.1, -0.05) is 36.0 Å². The zero-order valence-corrected chi connectivity index (χ0v) is 19.0. The van der Waals surface area contributed by atoms with Crippen LogP contribution in [0.1, 0.15) is 22.8 Å². The number of rotatable bonds is 7. The molecular formula is C23H21N7O2S. The van der Waals surface area contributed by atoms with Gasteiger partial charge in [0.05, 0.1) is 16.1 Å². The Hall–Kier alpha value is -3.79. The molecule has 166 valence electrons.